The third-order valence-electron chi connectivity index (χ3n) is 6.20. The Hall–Kier alpha value is -1.61. The first-order chi connectivity index (χ1) is 14.8. The molecule has 0 N–H and O–H groups in total. The van der Waals surface area contributed by atoms with E-state index in [1.54, 1.807) is 6.07 Å². The van der Waals surface area contributed by atoms with Gasteiger partial charge in [-0.1, -0.05) is 29.3 Å². The zero-order valence-corrected chi connectivity index (χ0v) is 19.7. The monoisotopic (exact) mass is 484 g/mol. The van der Waals surface area contributed by atoms with Gasteiger partial charge < -0.3 is 4.90 Å². The van der Waals surface area contributed by atoms with Crippen molar-refractivity contribution in [1.82, 2.24) is 19.0 Å². The number of aromatic nitrogens is 2. The molecule has 2 aliphatic rings. The topological polar surface area (TPSA) is 75.5 Å². The Morgan fingerprint density at radius 1 is 1.03 bits per heavy atom. The number of hydrogen-bond acceptors (Lipinski definition) is 4. The van der Waals surface area contributed by atoms with Crippen LogP contribution in [0.2, 0.25) is 10.0 Å². The molecule has 2 fully saturated rings. The average Bonchev–Trinajstić information content (AvgIpc) is 3.19. The molecule has 2 aliphatic heterocycles. The van der Waals surface area contributed by atoms with Crippen molar-refractivity contribution >= 4 is 39.1 Å². The average molecular weight is 485 g/mol. The van der Waals surface area contributed by atoms with Gasteiger partial charge in [-0.25, -0.2) is 8.42 Å². The molecule has 0 saturated carbocycles. The molecule has 0 radical (unpaired) electrons. The molecule has 3 heterocycles. The maximum atomic E-state index is 13.0. The summed E-state index contributed by atoms with van der Waals surface area (Å²) in [5.74, 6) is -0.0282. The molecular formula is C21H26Cl2N4O3S. The summed E-state index contributed by atoms with van der Waals surface area (Å²) in [6, 6.07) is 4.98. The number of rotatable bonds is 4. The molecule has 2 aromatic rings. The largest absolute Gasteiger partial charge is 0.342 e. The summed E-state index contributed by atoms with van der Waals surface area (Å²) in [4.78, 5) is 14.9. The Bertz CT molecular complexity index is 1040. The van der Waals surface area contributed by atoms with Crippen LogP contribution in [0.3, 0.4) is 0 Å². The first-order valence-corrected chi connectivity index (χ1v) is 12.7. The highest BCUT2D eigenvalue weighted by Gasteiger charge is 2.36. The molecule has 7 nitrogen and oxygen atoms in total. The number of likely N-dealkylation sites (tertiary alicyclic amines) is 1. The first kappa shape index (κ1) is 22.6. The molecule has 0 atom stereocenters. The highest BCUT2D eigenvalue weighted by atomic mass is 35.5. The van der Waals surface area contributed by atoms with E-state index in [-0.39, 0.29) is 39.9 Å². The second kappa shape index (κ2) is 9.10. The van der Waals surface area contributed by atoms with Crippen molar-refractivity contribution in [2.45, 2.75) is 43.5 Å². The van der Waals surface area contributed by atoms with Gasteiger partial charge >= 0.3 is 0 Å². The molecule has 0 bridgehead atoms. The number of carbonyl (C=O) groups is 1. The number of amides is 1. The van der Waals surface area contributed by atoms with Gasteiger partial charge in [0.1, 0.15) is 4.90 Å². The molecular weight excluding hydrogens is 459 g/mol. The molecule has 10 heteroatoms. The molecule has 2 saturated heterocycles. The number of piperidine rings is 2. The maximum absolute atomic E-state index is 13.0. The van der Waals surface area contributed by atoms with Crippen LogP contribution in [-0.4, -0.2) is 59.5 Å². The molecule has 1 aromatic heterocycles. The Balaban J connectivity index is 1.34. The van der Waals surface area contributed by atoms with E-state index in [4.69, 9.17) is 23.2 Å². The second-order valence-corrected chi connectivity index (χ2v) is 11.0. The number of halogens is 2. The summed E-state index contributed by atoms with van der Waals surface area (Å²) in [5.41, 5.74) is 1.14. The van der Waals surface area contributed by atoms with Crippen LogP contribution < -0.4 is 0 Å². The highest BCUT2D eigenvalue weighted by molar-refractivity contribution is 7.89. The lowest BCUT2D eigenvalue weighted by molar-refractivity contribution is -0.138. The van der Waals surface area contributed by atoms with E-state index in [9.17, 15) is 13.2 Å². The zero-order chi connectivity index (χ0) is 22.2. The lowest BCUT2D eigenvalue weighted by Gasteiger charge is -2.37. The molecule has 1 amide bonds. The van der Waals surface area contributed by atoms with E-state index in [0.717, 1.165) is 18.4 Å². The van der Waals surface area contributed by atoms with Crippen LogP contribution in [0.4, 0.5) is 0 Å². The number of sulfonamides is 1. The first-order valence-electron chi connectivity index (χ1n) is 10.5. The van der Waals surface area contributed by atoms with E-state index in [0.29, 0.717) is 32.0 Å². The summed E-state index contributed by atoms with van der Waals surface area (Å²) >= 11 is 12.2. The van der Waals surface area contributed by atoms with Crippen LogP contribution in [0.15, 0.2) is 35.5 Å². The van der Waals surface area contributed by atoms with Crippen molar-refractivity contribution in [3.8, 4) is 0 Å². The van der Waals surface area contributed by atoms with Gasteiger partial charge in [-0.3, -0.25) is 9.48 Å². The Kier molecular flexibility index (Phi) is 6.62. The predicted octanol–water partition coefficient (Wildman–Crippen LogP) is 3.76. The van der Waals surface area contributed by atoms with Crippen molar-refractivity contribution in [2.75, 3.05) is 26.2 Å². The van der Waals surface area contributed by atoms with Crippen molar-refractivity contribution < 1.29 is 13.2 Å². The second-order valence-electron chi connectivity index (χ2n) is 8.28. The fourth-order valence-corrected chi connectivity index (χ4v) is 7.00. The number of aryl methyl sites for hydroxylation is 1. The van der Waals surface area contributed by atoms with Crippen LogP contribution in [0, 0.1) is 12.8 Å². The van der Waals surface area contributed by atoms with Crippen LogP contribution >= 0.6 is 23.2 Å². The number of hydrogen-bond donors (Lipinski definition) is 0. The predicted molar refractivity (Wildman–Crippen MR) is 120 cm³/mol. The Morgan fingerprint density at radius 2 is 1.65 bits per heavy atom. The van der Waals surface area contributed by atoms with Crippen molar-refractivity contribution in [1.29, 1.82) is 0 Å². The highest BCUT2D eigenvalue weighted by Crippen LogP contribution is 2.34. The number of carbonyl (C=O) groups excluding carboxylic acids is 1. The van der Waals surface area contributed by atoms with Gasteiger partial charge in [0, 0.05) is 38.3 Å². The van der Waals surface area contributed by atoms with Crippen molar-refractivity contribution in [2.24, 2.45) is 5.92 Å². The van der Waals surface area contributed by atoms with E-state index >= 15 is 0 Å². The third-order valence-corrected chi connectivity index (χ3v) is 9.06. The quantitative estimate of drug-likeness (QED) is 0.661. The molecule has 168 valence electrons. The normalized spacial score (nSPS) is 19.6. The van der Waals surface area contributed by atoms with Crippen LogP contribution in [0.1, 0.15) is 37.3 Å². The minimum absolute atomic E-state index is 0.0564. The van der Waals surface area contributed by atoms with Gasteiger partial charge in [-0.2, -0.15) is 9.40 Å². The van der Waals surface area contributed by atoms with Crippen LogP contribution in [0.5, 0.6) is 0 Å². The SMILES string of the molecule is Cc1cnn(C2CCN(C(=O)C3CCN(S(=O)(=O)c4c(Cl)cccc4Cl)CC3)CC2)c1. The Morgan fingerprint density at radius 3 is 2.19 bits per heavy atom. The lowest BCUT2D eigenvalue weighted by Crippen LogP contribution is -2.46. The van der Waals surface area contributed by atoms with Gasteiger partial charge in [0.2, 0.25) is 15.9 Å². The van der Waals surface area contributed by atoms with Gasteiger partial charge in [-0.05, 0) is 50.3 Å². The number of nitrogens with zero attached hydrogens (tertiary/aromatic N) is 4. The zero-order valence-electron chi connectivity index (χ0n) is 17.4. The summed E-state index contributed by atoms with van der Waals surface area (Å²) in [6.45, 7) is 3.99. The van der Waals surface area contributed by atoms with Crippen molar-refractivity contribution in [3.63, 3.8) is 0 Å². The molecule has 4 rings (SSSR count). The molecule has 0 unspecified atom stereocenters. The van der Waals surface area contributed by atoms with E-state index in [1.165, 1.54) is 16.4 Å². The summed E-state index contributed by atoms with van der Waals surface area (Å²) in [7, 11) is -3.80. The van der Waals surface area contributed by atoms with Gasteiger partial charge in [0.25, 0.3) is 0 Å². The van der Waals surface area contributed by atoms with E-state index in [1.807, 2.05) is 28.9 Å². The summed E-state index contributed by atoms with van der Waals surface area (Å²) < 4.78 is 29.5. The van der Waals surface area contributed by atoms with E-state index < -0.39 is 10.0 Å². The molecule has 0 aliphatic carbocycles. The van der Waals surface area contributed by atoms with Gasteiger partial charge in [0.05, 0.1) is 22.3 Å². The maximum Gasteiger partial charge on any atom is 0.246 e. The fraction of sp³-hybridized carbons (Fsp3) is 0.524. The Labute approximate surface area is 193 Å². The lowest BCUT2D eigenvalue weighted by atomic mass is 9.95. The summed E-state index contributed by atoms with van der Waals surface area (Å²) in [5, 5.41) is 4.62. The smallest absolute Gasteiger partial charge is 0.246 e. The van der Waals surface area contributed by atoms with Crippen LogP contribution in [-0.2, 0) is 14.8 Å². The fourth-order valence-electron chi connectivity index (χ4n) is 4.44. The molecule has 31 heavy (non-hydrogen) atoms. The molecule has 0 spiro atoms. The minimum Gasteiger partial charge on any atom is -0.342 e. The summed E-state index contributed by atoms with van der Waals surface area (Å²) in [6.07, 6.45) is 6.66. The van der Waals surface area contributed by atoms with E-state index in [2.05, 4.69) is 5.10 Å². The standard InChI is InChI=1S/C21H26Cl2N4O3S/c1-15-13-24-27(14-15)17-7-9-25(10-8-17)21(28)16-5-11-26(12-6-16)31(29,30)20-18(22)3-2-4-19(20)23/h2-4,13-14,16-17H,5-12H2,1H3. The van der Waals surface area contributed by atoms with Crippen molar-refractivity contribution in [3.05, 3.63) is 46.2 Å². The minimum atomic E-state index is -3.80. The van der Waals surface area contributed by atoms with Gasteiger partial charge in [0.15, 0.2) is 0 Å². The van der Waals surface area contributed by atoms with Crippen LogP contribution in [0.25, 0.3) is 0 Å². The third kappa shape index (κ3) is 4.62. The number of benzene rings is 1. The van der Waals surface area contributed by atoms with Gasteiger partial charge in [-0.15, -0.1) is 0 Å². The molecule has 1 aromatic carbocycles.